The van der Waals surface area contributed by atoms with Crippen LogP contribution in [-0.4, -0.2) is 54.7 Å². The SMILES string of the molecule is C[N+](C)(C)CC(CCCCOC=Cc1ccccc1)OP(=O)(O)O. The van der Waals surface area contributed by atoms with E-state index in [0.717, 1.165) is 18.4 Å². The minimum absolute atomic E-state index is 0.467. The average Bonchev–Trinajstić information content (AvgIpc) is 2.44. The normalized spacial score (nSPS) is 14.0. The minimum Gasteiger partial charge on any atom is -0.501 e. The van der Waals surface area contributed by atoms with Gasteiger partial charge in [0.15, 0.2) is 0 Å². The Balaban J connectivity index is 2.27. The zero-order valence-electron chi connectivity index (χ0n) is 14.7. The number of rotatable bonds is 11. The summed E-state index contributed by atoms with van der Waals surface area (Å²) in [5, 5.41) is 0. The van der Waals surface area contributed by atoms with Gasteiger partial charge in [0.05, 0.1) is 34.0 Å². The molecule has 0 amide bonds. The van der Waals surface area contributed by atoms with Crippen molar-refractivity contribution in [3.63, 3.8) is 0 Å². The summed E-state index contributed by atoms with van der Waals surface area (Å²) in [7, 11) is 1.44. The molecule has 1 aromatic carbocycles. The highest BCUT2D eigenvalue weighted by Crippen LogP contribution is 2.38. The largest absolute Gasteiger partial charge is 0.501 e. The van der Waals surface area contributed by atoms with Crippen molar-refractivity contribution in [1.82, 2.24) is 0 Å². The molecule has 0 spiro atoms. The zero-order valence-corrected chi connectivity index (χ0v) is 15.6. The third-order valence-corrected chi connectivity index (χ3v) is 3.81. The first kappa shape index (κ1) is 20.9. The zero-order chi connectivity index (χ0) is 18.1. The van der Waals surface area contributed by atoms with Crippen molar-refractivity contribution in [2.24, 2.45) is 0 Å². The Hall–Kier alpha value is -1.17. The van der Waals surface area contributed by atoms with Crippen LogP contribution in [0.3, 0.4) is 0 Å². The second-order valence-electron chi connectivity index (χ2n) is 6.77. The first-order valence-corrected chi connectivity index (χ1v) is 9.56. The van der Waals surface area contributed by atoms with E-state index in [2.05, 4.69) is 0 Å². The van der Waals surface area contributed by atoms with Crippen molar-refractivity contribution in [3.8, 4) is 0 Å². The van der Waals surface area contributed by atoms with Gasteiger partial charge in [0, 0.05) is 0 Å². The van der Waals surface area contributed by atoms with Crippen LogP contribution in [0.15, 0.2) is 36.6 Å². The Bertz CT molecular complexity index is 536. The number of unbranched alkanes of at least 4 members (excludes halogenated alkanes) is 1. The Morgan fingerprint density at radius 1 is 1.17 bits per heavy atom. The summed E-state index contributed by atoms with van der Waals surface area (Å²) in [6.07, 6.45) is 5.28. The molecule has 0 saturated heterocycles. The molecule has 0 saturated carbocycles. The fourth-order valence-corrected chi connectivity index (χ4v) is 2.86. The molecule has 0 radical (unpaired) electrons. The predicted octanol–water partition coefficient (Wildman–Crippen LogP) is 3.03. The van der Waals surface area contributed by atoms with E-state index in [1.54, 1.807) is 6.26 Å². The molecule has 1 atom stereocenters. The molecule has 0 bridgehead atoms. The number of phosphoric ester groups is 1. The highest BCUT2D eigenvalue weighted by molar-refractivity contribution is 7.46. The lowest BCUT2D eigenvalue weighted by atomic mass is 10.1. The number of benzene rings is 1. The van der Waals surface area contributed by atoms with Gasteiger partial charge in [0.1, 0.15) is 12.6 Å². The topological polar surface area (TPSA) is 76.0 Å². The highest BCUT2D eigenvalue weighted by Gasteiger charge is 2.26. The van der Waals surface area contributed by atoms with E-state index in [0.29, 0.717) is 24.1 Å². The summed E-state index contributed by atoms with van der Waals surface area (Å²) in [6, 6.07) is 9.89. The lowest BCUT2D eigenvalue weighted by molar-refractivity contribution is -0.873. The van der Waals surface area contributed by atoms with Crippen molar-refractivity contribution in [2.45, 2.75) is 25.4 Å². The van der Waals surface area contributed by atoms with Crippen LogP contribution in [-0.2, 0) is 13.8 Å². The van der Waals surface area contributed by atoms with Crippen LogP contribution in [0, 0.1) is 0 Å². The third-order valence-electron chi connectivity index (χ3n) is 3.23. The molecule has 7 heteroatoms. The summed E-state index contributed by atoms with van der Waals surface area (Å²) in [5.74, 6) is 0. The Labute approximate surface area is 144 Å². The van der Waals surface area contributed by atoms with E-state index in [4.69, 9.17) is 19.0 Å². The second-order valence-corrected chi connectivity index (χ2v) is 7.96. The molecule has 0 aliphatic rings. The minimum atomic E-state index is -4.46. The maximum atomic E-state index is 11.1. The highest BCUT2D eigenvalue weighted by atomic mass is 31.2. The van der Waals surface area contributed by atoms with E-state index in [-0.39, 0.29) is 0 Å². The first-order valence-electron chi connectivity index (χ1n) is 8.03. The Morgan fingerprint density at radius 2 is 1.83 bits per heavy atom. The summed E-state index contributed by atoms with van der Waals surface area (Å²) in [5.41, 5.74) is 1.08. The molecule has 0 aromatic heterocycles. The van der Waals surface area contributed by atoms with Crippen molar-refractivity contribution < 1.29 is 28.1 Å². The molecule has 0 heterocycles. The van der Waals surface area contributed by atoms with Gasteiger partial charge in [0.25, 0.3) is 0 Å². The fourth-order valence-electron chi connectivity index (χ4n) is 2.30. The maximum absolute atomic E-state index is 11.1. The fraction of sp³-hybridized carbons (Fsp3) is 0.529. The van der Waals surface area contributed by atoms with Gasteiger partial charge >= 0.3 is 7.82 Å². The maximum Gasteiger partial charge on any atom is 0.470 e. The molecular formula is C17H29NO5P+. The van der Waals surface area contributed by atoms with Crippen LogP contribution in [0.5, 0.6) is 0 Å². The van der Waals surface area contributed by atoms with Gasteiger partial charge in [-0.05, 0) is 30.9 Å². The molecule has 1 unspecified atom stereocenters. The summed E-state index contributed by atoms with van der Waals surface area (Å²) in [4.78, 5) is 18.0. The van der Waals surface area contributed by atoms with Crippen molar-refractivity contribution in [2.75, 3.05) is 34.3 Å². The standard InChI is InChI=1S/C17H28NO5P/c1-18(2,3)15-17(23-24(19,20)21)11-7-8-13-22-14-12-16-9-5-4-6-10-16/h4-6,9-10,12,14,17H,7-8,11,13,15H2,1-3H3,(H-,19,20,21)/p+1. The molecule has 0 aliphatic heterocycles. The lowest BCUT2D eigenvalue weighted by Crippen LogP contribution is -2.42. The number of hydrogen-bond donors (Lipinski definition) is 2. The van der Waals surface area contributed by atoms with E-state index in [1.165, 1.54) is 0 Å². The quantitative estimate of drug-likeness (QED) is 0.275. The van der Waals surface area contributed by atoms with Gasteiger partial charge in [-0.3, -0.25) is 4.52 Å². The van der Waals surface area contributed by atoms with Crippen LogP contribution < -0.4 is 0 Å². The van der Waals surface area contributed by atoms with Gasteiger partial charge in [-0.25, -0.2) is 4.57 Å². The smallest absolute Gasteiger partial charge is 0.470 e. The van der Waals surface area contributed by atoms with Crippen LogP contribution in [0.2, 0.25) is 0 Å². The average molecular weight is 358 g/mol. The lowest BCUT2D eigenvalue weighted by Gasteiger charge is -2.29. The third kappa shape index (κ3) is 11.4. The number of phosphoric acid groups is 1. The Kier molecular flexibility index (Phi) is 8.67. The monoisotopic (exact) mass is 358 g/mol. The number of hydrogen-bond acceptors (Lipinski definition) is 3. The molecule has 0 aliphatic carbocycles. The number of ether oxygens (including phenoxy) is 1. The van der Waals surface area contributed by atoms with Gasteiger partial charge < -0.3 is 19.0 Å². The summed E-state index contributed by atoms with van der Waals surface area (Å²) < 4.78 is 22.0. The van der Waals surface area contributed by atoms with Gasteiger partial charge in [-0.2, -0.15) is 0 Å². The van der Waals surface area contributed by atoms with Crippen molar-refractivity contribution in [1.29, 1.82) is 0 Å². The van der Waals surface area contributed by atoms with E-state index in [9.17, 15) is 4.57 Å². The number of quaternary nitrogens is 1. The van der Waals surface area contributed by atoms with Crippen LogP contribution in [0.25, 0.3) is 6.08 Å². The molecule has 6 nitrogen and oxygen atoms in total. The summed E-state index contributed by atoms with van der Waals surface area (Å²) >= 11 is 0. The summed E-state index contributed by atoms with van der Waals surface area (Å²) in [6.45, 7) is 1.11. The second kappa shape index (κ2) is 9.97. The molecule has 24 heavy (non-hydrogen) atoms. The molecule has 1 aromatic rings. The van der Waals surface area contributed by atoms with Gasteiger partial charge in [-0.1, -0.05) is 30.3 Å². The van der Waals surface area contributed by atoms with Crippen LogP contribution in [0.1, 0.15) is 24.8 Å². The van der Waals surface area contributed by atoms with E-state index < -0.39 is 13.9 Å². The van der Waals surface area contributed by atoms with Crippen LogP contribution in [0.4, 0.5) is 0 Å². The van der Waals surface area contributed by atoms with Crippen molar-refractivity contribution >= 4 is 13.9 Å². The predicted molar refractivity (Wildman–Crippen MR) is 95.1 cm³/mol. The molecule has 0 fully saturated rings. The Morgan fingerprint density at radius 3 is 2.42 bits per heavy atom. The first-order chi connectivity index (χ1) is 11.2. The molecular weight excluding hydrogens is 329 g/mol. The molecule has 136 valence electrons. The molecule has 1 rings (SSSR count). The van der Waals surface area contributed by atoms with Crippen LogP contribution >= 0.6 is 7.82 Å². The number of likely N-dealkylation sites (N-methyl/N-ethyl adjacent to an activating group) is 1. The molecule has 2 N–H and O–H groups in total. The van der Waals surface area contributed by atoms with Gasteiger partial charge in [0.2, 0.25) is 0 Å². The van der Waals surface area contributed by atoms with E-state index >= 15 is 0 Å². The number of nitrogens with zero attached hydrogens (tertiary/aromatic N) is 1. The van der Waals surface area contributed by atoms with E-state index in [1.807, 2.05) is 57.6 Å². The van der Waals surface area contributed by atoms with Gasteiger partial charge in [-0.15, -0.1) is 0 Å². The van der Waals surface area contributed by atoms with Crippen molar-refractivity contribution in [3.05, 3.63) is 42.2 Å².